The standard InChI is InChI=1S/C10H12Cl2O2S/c1-14-10-7(9(13)5-15-2)3-6(11)4-8(10)12/h3-4,9,13H,5H2,1-2H3. The summed E-state index contributed by atoms with van der Waals surface area (Å²) in [5.41, 5.74) is 0.629. The van der Waals surface area contributed by atoms with Gasteiger partial charge < -0.3 is 9.84 Å². The van der Waals surface area contributed by atoms with Crippen LogP contribution in [0.3, 0.4) is 0 Å². The third kappa shape index (κ3) is 3.18. The van der Waals surface area contributed by atoms with Crippen molar-refractivity contribution in [2.24, 2.45) is 0 Å². The molecule has 1 unspecified atom stereocenters. The highest BCUT2D eigenvalue weighted by Crippen LogP contribution is 2.36. The number of ether oxygens (including phenoxy) is 1. The normalized spacial score (nSPS) is 12.6. The summed E-state index contributed by atoms with van der Waals surface area (Å²) in [4.78, 5) is 0. The predicted molar refractivity (Wildman–Crippen MR) is 66.4 cm³/mol. The minimum atomic E-state index is -0.619. The van der Waals surface area contributed by atoms with E-state index in [1.165, 1.54) is 7.11 Å². The predicted octanol–water partition coefficient (Wildman–Crippen LogP) is 3.40. The molecule has 0 radical (unpaired) electrons. The number of methoxy groups -OCH3 is 1. The van der Waals surface area contributed by atoms with Gasteiger partial charge in [-0.2, -0.15) is 11.8 Å². The van der Waals surface area contributed by atoms with Gasteiger partial charge in [0, 0.05) is 16.3 Å². The third-order valence-electron chi connectivity index (χ3n) is 1.92. The van der Waals surface area contributed by atoms with Gasteiger partial charge >= 0.3 is 0 Å². The Kier molecular flexibility index (Phi) is 5.06. The Bertz CT molecular complexity index is 344. The summed E-state index contributed by atoms with van der Waals surface area (Å²) in [6.07, 6.45) is 1.30. The Morgan fingerprint density at radius 3 is 2.67 bits per heavy atom. The molecule has 1 rings (SSSR count). The van der Waals surface area contributed by atoms with E-state index >= 15 is 0 Å². The maximum absolute atomic E-state index is 9.86. The number of aliphatic hydroxyl groups is 1. The van der Waals surface area contributed by atoms with Gasteiger partial charge in [-0.15, -0.1) is 0 Å². The largest absolute Gasteiger partial charge is 0.495 e. The van der Waals surface area contributed by atoms with Crippen molar-refractivity contribution >= 4 is 35.0 Å². The summed E-state index contributed by atoms with van der Waals surface area (Å²) in [5.74, 6) is 1.06. The van der Waals surface area contributed by atoms with Gasteiger partial charge in [0.25, 0.3) is 0 Å². The van der Waals surface area contributed by atoms with E-state index in [1.807, 2.05) is 6.26 Å². The smallest absolute Gasteiger partial charge is 0.143 e. The molecule has 0 amide bonds. The lowest BCUT2D eigenvalue weighted by molar-refractivity contribution is 0.199. The average molecular weight is 267 g/mol. The van der Waals surface area contributed by atoms with Crippen molar-refractivity contribution < 1.29 is 9.84 Å². The van der Waals surface area contributed by atoms with Gasteiger partial charge in [-0.05, 0) is 18.4 Å². The molecular weight excluding hydrogens is 255 g/mol. The zero-order valence-corrected chi connectivity index (χ0v) is 10.8. The Balaban J connectivity index is 3.13. The third-order valence-corrected chi connectivity index (χ3v) is 3.07. The first-order valence-corrected chi connectivity index (χ1v) is 6.45. The van der Waals surface area contributed by atoms with E-state index in [-0.39, 0.29) is 0 Å². The second-order valence-electron chi connectivity index (χ2n) is 2.98. The van der Waals surface area contributed by atoms with Crippen LogP contribution in [0.4, 0.5) is 0 Å². The monoisotopic (exact) mass is 266 g/mol. The number of halogens is 2. The van der Waals surface area contributed by atoms with Crippen molar-refractivity contribution in [1.29, 1.82) is 0 Å². The number of rotatable bonds is 4. The molecule has 1 aromatic rings. The van der Waals surface area contributed by atoms with Gasteiger partial charge in [0.05, 0.1) is 18.2 Å². The Morgan fingerprint density at radius 1 is 1.47 bits per heavy atom. The van der Waals surface area contributed by atoms with E-state index < -0.39 is 6.10 Å². The molecule has 0 fully saturated rings. The van der Waals surface area contributed by atoms with Crippen LogP contribution < -0.4 is 4.74 Å². The average Bonchev–Trinajstić information content (AvgIpc) is 2.17. The number of hydrogen-bond acceptors (Lipinski definition) is 3. The van der Waals surface area contributed by atoms with E-state index in [0.29, 0.717) is 27.1 Å². The van der Waals surface area contributed by atoms with Gasteiger partial charge in [-0.3, -0.25) is 0 Å². The molecule has 0 spiro atoms. The second kappa shape index (κ2) is 5.85. The number of hydrogen-bond donors (Lipinski definition) is 1. The molecule has 1 atom stereocenters. The molecule has 2 nitrogen and oxygen atoms in total. The first kappa shape index (κ1) is 13.0. The minimum absolute atomic E-state index is 0.417. The quantitative estimate of drug-likeness (QED) is 0.906. The summed E-state index contributed by atoms with van der Waals surface area (Å²) < 4.78 is 5.14. The number of aliphatic hydroxyl groups excluding tert-OH is 1. The fourth-order valence-corrected chi connectivity index (χ4v) is 2.37. The summed E-state index contributed by atoms with van der Waals surface area (Å²) in [7, 11) is 1.52. The molecule has 0 aliphatic rings. The highest BCUT2D eigenvalue weighted by Gasteiger charge is 2.16. The van der Waals surface area contributed by atoms with Crippen molar-refractivity contribution in [3.63, 3.8) is 0 Å². The van der Waals surface area contributed by atoms with Gasteiger partial charge in [0.1, 0.15) is 5.75 Å². The molecule has 0 saturated heterocycles. The summed E-state index contributed by atoms with van der Waals surface area (Å²) in [6.45, 7) is 0. The number of thioether (sulfide) groups is 1. The maximum atomic E-state index is 9.86. The van der Waals surface area contributed by atoms with Crippen LogP contribution in [0.2, 0.25) is 10.0 Å². The summed E-state index contributed by atoms with van der Waals surface area (Å²) in [6, 6.07) is 3.27. The van der Waals surface area contributed by atoms with E-state index in [4.69, 9.17) is 27.9 Å². The molecule has 5 heteroatoms. The van der Waals surface area contributed by atoms with Gasteiger partial charge in [0.15, 0.2) is 0 Å². The van der Waals surface area contributed by atoms with Gasteiger partial charge in [-0.1, -0.05) is 23.2 Å². The van der Waals surface area contributed by atoms with Crippen LogP contribution >= 0.6 is 35.0 Å². The Labute approximate surface area is 104 Å². The maximum Gasteiger partial charge on any atom is 0.143 e. The van der Waals surface area contributed by atoms with Crippen molar-refractivity contribution in [2.75, 3.05) is 19.1 Å². The SMILES string of the molecule is COc1c(Cl)cc(Cl)cc1C(O)CSC. The van der Waals surface area contributed by atoms with E-state index in [0.717, 1.165) is 0 Å². The van der Waals surface area contributed by atoms with Crippen LogP contribution in [0.15, 0.2) is 12.1 Å². The van der Waals surface area contributed by atoms with Crippen molar-refractivity contribution in [2.45, 2.75) is 6.10 Å². The molecule has 15 heavy (non-hydrogen) atoms. The second-order valence-corrected chi connectivity index (χ2v) is 4.74. The highest BCUT2D eigenvalue weighted by atomic mass is 35.5. The van der Waals surface area contributed by atoms with Crippen molar-refractivity contribution in [3.8, 4) is 5.75 Å². The summed E-state index contributed by atoms with van der Waals surface area (Å²) >= 11 is 13.4. The molecule has 1 aromatic carbocycles. The van der Waals surface area contributed by atoms with Crippen molar-refractivity contribution in [3.05, 3.63) is 27.7 Å². The fourth-order valence-electron chi connectivity index (χ4n) is 1.29. The molecule has 1 N–H and O–H groups in total. The molecule has 0 aliphatic carbocycles. The zero-order chi connectivity index (χ0) is 11.4. The molecule has 0 heterocycles. The minimum Gasteiger partial charge on any atom is -0.495 e. The molecule has 0 bridgehead atoms. The molecule has 0 aromatic heterocycles. The van der Waals surface area contributed by atoms with Gasteiger partial charge in [0.2, 0.25) is 0 Å². The molecule has 0 aliphatic heterocycles. The molecule has 84 valence electrons. The van der Waals surface area contributed by atoms with E-state index in [9.17, 15) is 5.11 Å². The first-order valence-electron chi connectivity index (χ1n) is 4.30. The zero-order valence-electron chi connectivity index (χ0n) is 8.46. The van der Waals surface area contributed by atoms with Crippen molar-refractivity contribution in [1.82, 2.24) is 0 Å². The Hall–Kier alpha value is -0.0900. The van der Waals surface area contributed by atoms with Crippen LogP contribution in [-0.2, 0) is 0 Å². The van der Waals surface area contributed by atoms with Gasteiger partial charge in [-0.25, -0.2) is 0 Å². The lowest BCUT2D eigenvalue weighted by Gasteiger charge is -2.15. The molecular formula is C10H12Cl2O2S. The van der Waals surface area contributed by atoms with E-state index in [2.05, 4.69) is 0 Å². The van der Waals surface area contributed by atoms with E-state index in [1.54, 1.807) is 23.9 Å². The Morgan fingerprint density at radius 2 is 2.13 bits per heavy atom. The van der Waals surface area contributed by atoms with Crippen LogP contribution in [0.5, 0.6) is 5.75 Å². The lowest BCUT2D eigenvalue weighted by atomic mass is 10.1. The van der Waals surface area contributed by atoms with Crippen LogP contribution in [-0.4, -0.2) is 24.2 Å². The van der Waals surface area contributed by atoms with Crippen LogP contribution in [0, 0.1) is 0 Å². The fraction of sp³-hybridized carbons (Fsp3) is 0.400. The lowest BCUT2D eigenvalue weighted by Crippen LogP contribution is -2.03. The topological polar surface area (TPSA) is 29.5 Å². The van der Waals surface area contributed by atoms with Crippen LogP contribution in [0.25, 0.3) is 0 Å². The van der Waals surface area contributed by atoms with Crippen LogP contribution in [0.1, 0.15) is 11.7 Å². The number of benzene rings is 1. The first-order chi connectivity index (χ1) is 7.10. The summed E-state index contributed by atoms with van der Waals surface area (Å²) in [5, 5.41) is 10.8. The molecule has 0 saturated carbocycles. The highest BCUT2D eigenvalue weighted by molar-refractivity contribution is 7.98.